The van der Waals surface area contributed by atoms with Gasteiger partial charge in [-0.25, -0.2) is 0 Å². The molecule has 2 N–H and O–H groups in total. The maximum Gasteiger partial charge on any atom is 0.227 e. The second-order valence-electron chi connectivity index (χ2n) is 5.41. The van der Waals surface area contributed by atoms with Gasteiger partial charge in [0.25, 0.3) is 0 Å². The standard InChI is InChI=1S/C17H25NO2/c1-2-7-16(19)14-10-6-11-15(12-14)18-17(20)13-8-4-3-5-9-13/h6,10-13,16,19H,2-5,7-9H2,1H3,(H,18,20)/i7D2. The van der Waals surface area contributed by atoms with Crippen LogP contribution in [0, 0.1) is 5.92 Å². The first-order valence-electron chi connectivity index (χ1n) is 8.53. The molecule has 0 saturated heterocycles. The summed E-state index contributed by atoms with van der Waals surface area (Å²) in [6.07, 6.45) is 2.65. The van der Waals surface area contributed by atoms with Gasteiger partial charge in [-0.2, -0.15) is 0 Å². The predicted octanol–water partition coefficient (Wildman–Crippen LogP) is 4.04. The Morgan fingerprint density at radius 1 is 1.45 bits per heavy atom. The summed E-state index contributed by atoms with van der Waals surface area (Å²) < 4.78 is 15.6. The summed E-state index contributed by atoms with van der Waals surface area (Å²) in [5, 5.41) is 13.1. The van der Waals surface area contributed by atoms with E-state index in [9.17, 15) is 9.90 Å². The van der Waals surface area contributed by atoms with Crippen LogP contribution in [0.5, 0.6) is 0 Å². The van der Waals surface area contributed by atoms with Crippen LogP contribution in [0.15, 0.2) is 24.3 Å². The van der Waals surface area contributed by atoms with Crippen molar-refractivity contribution < 1.29 is 12.6 Å². The second kappa shape index (κ2) is 7.44. The molecule has 0 spiro atoms. The van der Waals surface area contributed by atoms with Crippen molar-refractivity contribution in [1.29, 1.82) is 0 Å². The molecule has 0 aromatic heterocycles. The van der Waals surface area contributed by atoms with Gasteiger partial charge in [0.1, 0.15) is 0 Å². The van der Waals surface area contributed by atoms with Crippen LogP contribution in [0.3, 0.4) is 0 Å². The minimum absolute atomic E-state index is 0.0323. The third kappa shape index (κ3) is 4.07. The van der Waals surface area contributed by atoms with Crippen LogP contribution < -0.4 is 5.32 Å². The fourth-order valence-corrected chi connectivity index (χ4v) is 2.71. The highest BCUT2D eigenvalue weighted by molar-refractivity contribution is 5.92. The summed E-state index contributed by atoms with van der Waals surface area (Å²) in [5.41, 5.74) is 1.12. The Balaban J connectivity index is 2.06. The van der Waals surface area contributed by atoms with E-state index in [-0.39, 0.29) is 18.2 Å². The Morgan fingerprint density at radius 2 is 2.20 bits per heavy atom. The third-order valence-electron chi connectivity index (χ3n) is 3.84. The quantitative estimate of drug-likeness (QED) is 0.853. The highest BCUT2D eigenvalue weighted by Gasteiger charge is 2.21. The Hall–Kier alpha value is -1.35. The molecule has 1 aromatic carbocycles. The monoisotopic (exact) mass is 277 g/mol. The van der Waals surface area contributed by atoms with E-state index >= 15 is 0 Å². The van der Waals surface area contributed by atoms with E-state index in [1.165, 1.54) is 6.42 Å². The molecule has 3 nitrogen and oxygen atoms in total. The molecular weight excluding hydrogens is 250 g/mol. The smallest absolute Gasteiger partial charge is 0.227 e. The molecule has 1 fully saturated rings. The van der Waals surface area contributed by atoms with E-state index in [1.54, 1.807) is 31.2 Å². The number of carbonyl (C=O) groups excluding carboxylic acids is 1. The molecule has 0 bridgehead atoms. The number of carbonyl (C=O) groups is 1. The van der Waals surface area contributed by atoms with Crippen molar-refractivity contribution in [2.24, 2.45) is 5.92 Å². The lowest BCUT2D eigenvalue weighted by Crippen LogP contribution is -2.24. The molecule has 3 heteroatoms. The molecule has 1 aliphatic rings. The zero-order valence-corrected chi connectivity index (χ0v) is 12.1. The summed E-state index contributed by atoms with van der Waals surface area (Å²) >= 11 is 0. The van der Waals surface area contributed by atoms with Crippen LogP contribution in [0.4, 0.5) is 5.69 Å². The number of amides is 1. The van der Waals surface area contributed by atoms with Crippen molar-refractivity contribution >= 4 is 11.6 Å². The van der Waals surface area contributed by atoms with Gasteiger partial charge in [-0.15, -0.1) is 0 Å². The SMILES string of the molecule is [2H]C([2H])(CC)C(O)c1cccc(NC(=O)C2CCCCC2)c1. The number of rotatable bonds is 5. The van der Waals surface area contributed by atoms with Gasteiger partial charge in [-0.3, -0.25) is 4.79 Å². The van der Waals surface area contributed by atoms with Crippen molar-refractivity contribution in [3.05, 3.63) is 29.8 Å². The zero-order chi connectivity index (χ0) is 16.2. The Labute approximate surface area is 124 Å². The average Bonchev–Trinajstić information content (AvgIpc) is 2.55. The Morgan fingerprint density at radius 3 is 2.90 bits per heavy atom. The number of anilines is 1. The lowest BCUT2D eigenvalue weighted by Gasteiger charge is -2.21. The number of benzene rings is 1. The van der Waals surface area contributed by atoms with Gasteiger partial charge < -0.3 is 10.4 Å². The van der Waals surface area contributed by atoms with E-state index in [0.717, 1.165) is 25.7 Å². The molecular formula is C17H25NO2. The molecule has 0 radical (unpaired) electrons. The van der Waals surface area contributed by atoms with Crippen molar-refractivity contribution in [3.63, 3.8) is 0 Å². The highest BCUT2D eigenvalue weighted by atomic mass is 16.3. The lowest BCUT2D eigenvalue weighted by atomic mass is 9.88. The summed E-state index contributed by atoms with van der Waals surface area (Å²) in [7, 11) is 0. The van der Waals surface area contributed by atoms with E-state index < -0.39 is 12.5 Å². The fourth-order valence-electron chi connectivity index (χ4n) is 2.71. The number of hydrogen-bond donors (Lipinski definition) is 2. The van der Waals surface area contributed by atoms with Gasteiger partial charge in [0.2, 0.25) is 5.91 Å². The van der Waals surface area contributed by atoms with Crippen molar-refractivity contribution in [1.82, 2.24) is 0 Å². The van der Waals surface area contributed by atoms with E-state index in [4.69, 9.17) is 2.74 Å². The van der Waals surface area contributed by atoms with Gasteiger partial charge in [-0.05, 0) is 36.9 Å². The number of hydrogen-bond acceptors (Lipinski definition) is 2. The molecule has 1 amide bonds. The molecule has 1 saturated carbocycles. The number of nitrogens with one attached hydrogen (secondary N) is 1. The van der Waals surface area contributed by atoms with Gasteiger partial charge in [0.05, 0.1) is 6.10 Å². The van der Waals surface area contributed by atoms with Gasteiger partial charge >= 0.3 is 0 Å². The first kappa shape index (κ1) is 12.4. The largest absolute Gasteiger partial charge is 0.388 e. The van der Waals surface area contributed by atoms with E-state index in [2.05, 4.69) is 5.32 Å². The van der Waals surface area contributed by atoms with Crippen LogP contribution in [-0.4, -0.2) is 11.0 Å². The van der Waals surface area contributed by atoms with Crippen molar-refractivity contribution in [2.45, 2.75) is 57.9 Å². The molecule has 1 unspecified atom stereocenters. The molecule has 1 aliphatic carbocycles. The van der Waals surface area contributed by atoms with E-state index in [0.29, 0.717) is 11.3 Å². The van der Waals surface area contributed by atoms with Gasteiger partial charge in [-0.1, -0.05) is 44.7 Å². The minimum Gasteiger partial charge on any atom is -0.388 e. The van der Waals surface area contributed by atoms with Crippen molar-refractivity contribution in [3.8, 4) is 0 Å². The normalized spacial score (nSPS) is 19.9. The van der Waals surface area contributed by atoms with Crippen molar-refractivity contribution in [2.75, 3.05) is 5.32 Å². The Kier molecular flexibility index (Phi) is 4.61. The fraction of sp³-hybridized carbons (Fsp3) is 0.588. The molecule has 1 aromatic rings. The van der Waals surface area contributed by atoms with Crippen LogP contribution in [0.2, 0.25) is 0 Å². The van der Waals surface area contributed by atoms with Crippen LogP contribution in [0.1, 0.15) is 66.2 Å². The summed E-state index contributed by atoms with van der Waals surface area (Å²) in [4.78, 5) is 12.3. The maximum absolute atomic E-state index is 12.3. The Bertz CT molecular complexity index is 513. The van der Waals surface area contributed by atoms with Crippen LogP contribution >= 0.6 is 0 Å². The molecule has 1 atom stereocenters. The van der Waals surface area contributed by atoms with Crippen LogP contribution in [-0.2, 0) is 4.79 Å². The first-order chi connectivity index (χ1) is 10.4. The lowest BCUT2D eigenvalue weighted by molar-refractivity contribution is -0.120. The predicted molar refractivity (Wildman–Crippen MR) is 81.5 cm³/mol. The third-order valence-corrected chi connectivity index (χ3v) is 3.84. The first-order valence-corrected chi connectivity index (χ1v) is 7.53. The highest BCUT2D eigenvalue weighted by Crippen LogP contribution is 2.26. The summed E-state index contributed by atoms with van der Waals surface area (Å²) in [6.45, 7) is 1.71. The summed E-state index contributed by atoms with van der Waals surface area (Å²) in [5.74, 6) is 0.106. The van der Waals surface area contributed by atoms with E-state index in [1.807, 2.05) is 0 Å². The topological polar surface area (TPSA) is 49.3 Å². The maximum atomic E-state index is 12.3. The number of aliphatic hydroxyl groups is 1. The number of aliphatic hydroxyl groups excluding tert-OH is 1. The molecule has 110 valence electrons. The minimum atomic E-state index is -1.67. The molecule has 0 heterocycles. The second-order valence-corrected chi connectivity index (χ2v) is 5.41. The average molecular weight is 277 g/mol. The van der Waals surface area contributed by atoms with Gasteiger partial charge in [0, 0.05) is 14.3 Å². The molecule has 0 aliphatic heterocycles. The molecule has 20 heavy (non-hydrogen) atoms. The van der Waals surface area contributed by atoms with Gasteiger partial charge in [0.15, 0.2) is 0 Å². The molecule has 2 rings (SSSR count). The zero-order valence-electron chi connectivity index (χ0n) is 14.1. The summed E-state index contributed by atoms with van der Waals surface area (Å²) in [6, 6.07) is 6.87. The van der Waals surface area contributed by atoms with Crippen LogP contribution in [0.25, 0.3) is 0 Å².